The third kappa shape index (κ3) is 3.49. The smallest absolute Gasteiger partial charge is 0.0900 e. The number of hydrogen-bond donors (Lipinski definition) is 2. The number of nitrogens with one attached hydrogen (secondary N) is 1. The lowest BCUT2D eigenvalue weighted by Crippen LogP contribution is -2.39. The number of aliphatic hydroxyl groups is 1. The Labute approximate surface area is 142 Å². The van der Waals surface area contributed by atoms with E-state index in [0.29, 0.717) is 13.2 Å². The van der Waals surface area contributed by atoms with Gasteiger partial charge in [0.25, 0.3) is 0 Å². The predicted octanol–water partition coefficient (Wildman–Crippen LogP) is 2.08. The van der Waals surface area contributed by atoms with Crippen LogP contribution in [0.15, 0.2) is 24.3 Å². The van der Waals surface area contributed by atoms with Gasteiger partial charge in [-0.3, -0.25) is 4.90 Å². The van der Waals surface area contributed by atoms with E-state index in [2.05, 4.69) is 34.1 Å². The minimum Gasteiger partial charge on any atom is -0.389 e. The van der Waals surface area contributed by atoms with E-state index in [1.807, 2.05) is 0 Å². The Balaban J connectivity index is 1.31. The first-order valence-corrected chi connectivity index (χ1v) is 8.98. The van der Waals surface area contributed by atoms with Gasteiger partial charge in [-0.1, -0.05) is 18.2 Å². The first kappa shape index (κ1) is 16.1. The van der Waals surface area contributed by atoms with Crippen molar-refractivity contribution in [3.05, 3.63) is 35.5 Å². The first-order chi connectivity index (χ1) is 11.8. The largest absolute Gasteiger partial charge is 0.389 e. The van der Waals surface area contributed by atoms with Gasteiger partial charge >= 0.3 is 0 Å². The lowest BCUT2D eigenvalue weighted by molar-refractivity contribution is -0.0647. The molecule has 4 rings (SSSR count). The second-order valence-corrected chi connectivity index (χ2v) is 6.91. The molecule has 3 heterocycles. The van der Waals surface area contributed by atoms with Crippen molar-refractivity contribution in [2.75, 3.05) is 32.9 Å². The maximum absolute atomic E-state index is 10.3. The molecule has 0 spiro atoms. The van der Waals surface area contributed by atoms with Gasteiger partial charge in [0.2, 0.25) is 0 Å². The summed E-state index contributed by atoms with van der Waals surface area (Å²) < 4.78 is 11.2. The van der Waals surface area contributed by atoms with Crippen LogP contribution in [-0.2, 0) is 22.4 Å². The van der Waals surface area contributed by atoms with Crippen LogP contribution in [-0.4, -0.2) is 60.1 Å². The van der Waals surface area contributed by atoms with Gasteiger partial charge in [-0.15, -0.1) is 0 Å². The van der Waals surface area contributed by atoms with Crippen LogP contribution >= 0.6 is 0 Å². The molecule has 2 N–H and O–H groups in total. The maximum Gasteiger partial charge on any atom is 0.0900 e. The highest BCUT2D eigenvalue weighted by molar-refractivity contribution is 5.84. The predicted molar refractivity (Wildman–Crippen MR) is 93.1 cm³/mol. The Bertz CT molecular complexity index is 678. The molecule has 24 heavy (non-hydrogen) atoms. The van der Waals surface area contributed by atoms with Crippen LogP contribution in [0.3, 0.4) is 0 Å². The van der Waals surface area contributed by atoms with Crippen molar-refractivity contribution in [3.63, 3.8) is 0 Å². The summed E-state index contributed by atoms with van der Waals surface area (Å²) in [6, 6.07) is 8.49. The summed E-state index contributed by atoms with van der Waals surface area (Å²) in [5.41, 5.74) is 3.95. The quantitative estimate of drug-likeness (QED) is 0.881. The summed E-state index contributed by atoms with van der Waals surface area (Å²) in [5, 5.41) is 11.7. The first-order valence-electron chi connectivity index (χ1n) is 8.98. The minimum absolute atomic E-state index is 0.245. The van der Waals surface area contributed by atoms with Gasteiger partial charge in [0.15, 0.2) is 0 Å². The number of aromatic nitrogens is 1. The summed E-state index contributed by atoms with van der Waals surface area (Å²) in [6.07, 6.45) is 2.73. The number of β-amino-alcohol motifs (C(OH)–C–C–N with tert-alkyl or cyclic N) is 1. The van der Waals surface area contributed by atoms with E-state index >= 15 is 0 Å². The molecule has 0 saturated carbocycles. The van der Waals surface area contributed by atoms with Crippen molar-refractivity contribution in [1.82, 2.24) is 9.88 Å². The van der Waals surface area contributed by atoms with Crippen LogP contribution < -0.4 is 0 Å². The molecule has 0 radical (unpaired) electrons. The molecule has 0 amide bonds. The molecule has 1 fully saturated rings. The van der Waals surface area contributed by atoms with Gasteiger partial charge in [-0.2, -0.15) is 0 Å². The maximum atomic E-state index is 10.3. The molecule has 5 heteroatoms. The highest BCUT2D eigenvalue weighted by Crippen LogP contribution is 2.27. The van der Waals surface area contributed by atoms with Crippen LogP contribution in [0.25, 0.3) is 10.9 Å². The molecule has 1 atom stereocenters. The van der Waals surface area contributed by atoms with Crippen molar-refractivity contribution < 1.29 is 14.6 Å². The molecule has 5 nitrogen and oxygen atoms in total. The van der Waals surface area contributed by atoms with E-state index < -0.39 is 6.10 Å². The third-order valence-electron chi connectivity index (χ3n) is 5.12. The van der Waals surface area contributed by atoms with Gasteiger partial charge in [-0.05, 0) is 30.9 Å². The van der Waals surface area contributed by atoms with E-state index in [0.717, 1.165) is 45.6 Å². The number of fused-ring (bicyclic) bond motifs is 3. The van der Waals surface area contributed by atoms with Crippen molar-refractivity contribution in [3.8, 4) is 0 Å². The van der Waals surface area contributed by atoms with Crippen molar-refractivity contribution >= 4 is 10.9 Å². The molecular formula is C19H26N2O3. The van der Waals surface area contributed by atoms with Gasteiger partial charge < -0.3 is 19.6 Å². The second kappa shape index (κ2) is 7.23. The SMILES string of the molecule is OC(COC1CCOCC1)CN1CCc2c([nH]c3ccccc23)C1. The fourth-order valence-electron chi connectivity index (χ4n) is 3.85. The molecule has 0 aliphatic carbocycles. The molecule has 1 saturated heterocycles. The van der Waals surface area contributed by atoms with Crippen molar-refractivity contribution in [1.29, 1.82) is 0 Å². The van der Waals surface area contributed by atoms with Gasteiger partial charge in [0, 0.05) is 49.4 Å². The van der Waals surface area contributed by atoms with Gasteiger partial charge in [0.05, 0.1) is 18.8 Å². The average molecular weight is 330 g/mol. The monoisotopic (exact) mass is 330 g/mol. The van der Waals surface area contributed by atoms with Crippen molar-refractivity contribution in [2.24, 2.45) is 0 Å². The Kier molecular flexibility index (Phi) is 4.85. The fraction of sp³-hybridized carbons (Fsp3) is 0.579. The number of nitrogens with zero attached hydrogens (tertiary/aromatic N) is 1. The molecule has 0 bridgehead atoms. The van der Waals surface area contributed by atoms with Crippen molar-refractivity contribution in [2.45, 2.75) is 38.0 Å². The Morgan fingerprint density at radius 1 is 1.29 bits per heavy atom. The van der Waals surface area contributed by atoms with E-state index in [1.165, 1.54) is 22.2 Å². The average Bonchev–Trinajstić information content (AvgIpc) is 2.98. The van der Waals surface area contributed by atoms with E-state index in [9.17, 15) is 5.11 Å². The van der Waals surface area contributed by atoms with E-state index in [-0.39, 0.29) is 6.10 Å². The van der Waals surface area contributed by atoms with Crippen LogP contribution in [0, 0.1) is 0 Å². The number of benzene rings is 1. The highest BCUT2D eigenvalue weighted by atomic mass is 16.5. The van der Waals surface area contributed by atoms with Crippen LogP contribution in [0.1, 0.15) is 24.1 Å². The fourth-order valence-corrected chi connectivity index (χ4v) is 3.85. The highest BCUT2D eigenvalue weighted by Gasteiger charge is 2.23. The molecule has 2 aromatic rings. The zero-order chi connectivity index (χ0) is 16.4. The standard InChI is InChI=1S/C19H26N2O3/c22-14(13-24-15-6-9-23-10-7-15)11-21-8-5-17-16-3-1-2-4-18(16)20-19(17)12-21/h1-4,14-15,20,22H,5-13H2. The molecule has 2 aliphatic heterocycles. The third-order valence-corrected chi connectivity index (χ3v) is 5.12. The molecule has 1 aromatic heterocycles. The molecule has 1 aromatic carbocycles. The number of aromatic amines is 1. The van der Waals surface area contributed by atoms with Crippen LogP contribution in [0.2, 0.25) is 0 Å². The summed E-state index contributed by atoms with van der Waals surface area (Å²) in [5.74, 6) is 0. The Morgan fingerprint density at radius 3 is 3.00 bits per heavy atom. The Hall–Kier alpha value is -1.40. The van der Waals surface area contributed by atoms with Crippen LogP contribution in [0.5, 0.6) is 0 Å². The van der Waals surface area contributed by atoms with Gasteiger partial charge in [0.1, 0.15) is 0 Å². The minimum atomic E-state index is -0.432. The number of H-pyrrole nitrogens is 1. The Morgan fingerprint density at radius 2 is 2.12 bits per heavy atom. The normalized spacial score (nSPS) is 21.0. The van der Waals surface area contributed by atoms with Crippen LogP contribution in [0.4, 0.5) is 0 Å². The number of aliphatic hydroxyl groups excluding tert-OH is 1. The number of ether oxygens (including phenoxy) is 2. The van der Waals surface area contributed by atoms with Gasteiger partial charge in [-0.25, -0.2) is 0 Å². The number of rotatable bonds is 5. The summed E-state index contributed by atoms with van der Waals surface area (Å²) >= 11 is 0. The second-order valence-electron chi connectivity index (χ2n) is 6.91. The zero-order valence-corrected chi connectivity index (χ0v) is 14.0. The number of para-hydroxylation sites is 1. The lowest BCUT2D eigenvalue weighted by Gasteiger charge is -2.30. The van der Waals surface area contributed by atoms with E-state index in [1.54, 1.807) is 0 Å². The lowest BCUT2D eigenvalue weighted by atomic mass is 10.0. The molecular weight excluding hydrogens is 304 g/mol. The summed E-state index contributed by atoms with van der Waals surface area (Å²) in [4.78, 5) is 5.85. The van der Waals surface area contributed by atoms with E-state index in [4.69, 9.17) is 9.47 Å². The summed E-state index contributed by atoms with van der Waals surface area (Å²) in [7, 11) is 0. The molecule has 2 aliphatic rings. The number of hydrogen-bond acceptors (Lipinski definition) is 4. The molecule has 1 unspecified atom stereocenters. The zero-order valence-electron chi connectivity index (χ0n) is 14.0. The molecule has 130 valence electrons. The summed E-state index contributed by atoms with van der Waals surface area (Å²) in [6.45, 7) is 4.49. The topological polar surface area (TPSA) is 57.7 Å².